The fraction of sp³-hybridized carbons (Fsp3) is 0.290. The van der Waals surface area contributed by atoms with Crippen molar-refractivity contribution in [3.05, 3.63) is 81.7 Å². The zero-order chi connectivity index (χ0) is 33.2. The number of hydrogen-bond acceptors (Lipinski definition) is 11. The van der Waals surface area contributed by atoms with Gasteiger partial charge in [-0.05, 0) is 68.3 Å². The molecule has 0 fully saturated rings. The molecule has 0 saturated carbocycles. The summed E-state index contributed by atoms with van der Waals surface area (Å²) in [5, 5.41) is 14.4. The maximum atomic E-state index is 13.7. The van der Waals surface area contributed by atoms with Gasteiger partial charge in [0.1, 0.15) is 21.4 Å². The van der Waals surface area contributed by atoms with E-state index in [1.165, 1.54) is 24.3 Å². The van der Waals surface area contributed by atoms with Crippen LogP contribution in [0.15, 0.2) is 53.7 Å². The van der Waals surface area contributed by atoms with E-state index in [-0.39, 0.29) is 53.3 Å². The number of carbonyl (C=O) groups is 4. The average molecular weight is 670 g/mol. The van der Waals surface area contributed by atoms with Crippen molar-refractivity contribution in [2.75, 3.05) is 31.4 Å². The molecule has 12 nitrogen and oxygen atoms in total. The summed E-state index contributed by atoms with van der Waals surface area (Å²) in [6.45, 7) is 5.17. The fourth-order valence-corrected chi connectivity index (χ4v) is 6.14. The smallest absolute Gasteiger partial charge is 0.348 e. The first kappa shape index (κ1) is 34.1. The number of nitrogens with zero attached hydrogens (tertiary/aromatic N) is 3. The van der Waals surface area contributed by atoms with Crippen LogP contribution >= 0.6 is 23.1 Å². The van der Waals surface area contributed by atoms with Gasteiger partial charge in [0.15, 0.2) is 11.0 Å². The van der Waals surface area contributed by atoms with E-state index in [0.29, 0.717) is 28.0 Å². The number of esters is 2. The highest BCUT2D eigenvalue weighted by molar-refractivity contribution is 7.99. The molecule has 0 saturated heterocycles. The van der Waals surface area contributed by atoms with Gasteiger partial charge in [-0.15, -0.1) is 21.5 Å². The number of amides is 2. The average Bonchev–Trinajstić information content (AvgIpc) is 3.60. The van der Waals surface area contributed by atoms with Gasteiger partial charge in [-0.1, -0.05) is 23.9 Å². The number of thiophene rings is 1. The Labute approximate surface area is 272 Å². The number of thioether (sulfide) groups is 1. The number of hydrogen-bond donors (Lipinski definition) is 2. The Morgan fingerprint density at radius 2 is 1.61 bits per heavy atom. The van der Waals surface area contributed by atoms with Crippen LogP contribution in [0.1, 0.15) is 50.8 Å². The molecule has 2 amide bonds. The van der Waals surface area contributed by atoms with Gasteiger partial charge in [-0.25, -0.2) is 14.0 Å². The molecule has 0 aliphatic heterocycles. The topological polar surface area (TPSA) is 151 Å². The number of ether oxygens (including phenoxy) is 3. The van der Waals surface area contributed by atoms with Gasteiger partial charge in [0.25, 0.3) is 0 Å². The minimum Gasteiger partial charge on any atom is -0.497 e. The molecule has 0 unspecified atom stereocenters. The second-order valence-electron chi connectivity index (χ2n) is 9.55. The van der Waals surface area contributed by atoms with Crippen LogP contribution < -0.4 is 15.4 Å². The normalized spacial score (nSPS) is 10.7. The number of carbonyl (C=O) groups excluding carboxylic acids is 4. The maximum Gasteiger partial charge on any atom is 0.348 e. The van der Waals surface area contributed by atoms with E-state index in [4.69, 9.17) is 14.2 Å². The van der Waals surface area contributed by atoms with Crippen molar-refractivity contribution in [1.29, 1.82) is 0 Å². The Bertz CT molecular complexity index is 1710. The first-order chi connectivity index (χ1) is 22.1. The van der Waals surface area contributed by atoms with Crippen LogP contribution in [0.5, 0.6) is 5.75 Å². The zero-order valence-electron chi connectivity index (χ0n) is 25.5. The molecule has 46 heavy (non-hydrogen) atoms. The van der Waals surface area contributed by atoms with E-state index >= 15 is 0 Å². The molecular weight excluding hydrogens is 638 g/mol. The van der Waals surface area contributed by atoms with Gasteiger partial charge in [0, 0.05) is 5.69 Å². The van der Waals surface area contributed by atoms with Gasteiger partial charge < -0.3 is 24.8 Å². The number of halogens is 1. The molecular formula is C31H32FN5O7S2. The quantitative estimate of drug-likeness (QED) is 0.143. The van der Waals surface area contributed by atoms with Gasteiger partial charge in [-0.3, -0.25) is 14.2 Å². The summed E-state index contributed by atoms with van der Waals surface area (Å²) in [6, 6.07) is 12.7. The highest BCUT2D eigenvalue weighted by atomic mass is 32.2. The summed E-state index contributed by atoms with van der Waals surface area (Å²) < 4.78 is 30.7. The molecule has 2 heterocycles. The predicted octanol–water partition coefficient (Wildman–Crippen LogP) is 4.73. The third kappa shape index (κ3) is 8.48. The molecule has 0 aliphatic carbocycles. The molecule has 0 radical (unpaired) electrons. The van der Waals surface area contributed by atoms with Crippen LogP contribution in [0.2, 0.25) is 0 Å². The molecule has 242 valence electrons. The van der Waals surface area contributed by atoms with Gasteiger partial charge in [0.05, 0.1) is 44.6 Å². The summed E-state index contributed by atoms with van der Waals surface area (Å²) in [4.78, 5) is 51.1. The Balaban J connectivity index is 1.50. The summed E-state index contributed by atoms with van der Waals surface area (Å²) in [5.74, 6) is -1.58. The third-order valence-electron chi connectivity index (χ3n) is 6.43. The van der Waals surface area contributed by atoms with Crippen LogP contribution in [0.3, 0.4) is 0 Å². The molecule has 4 rings (SSSR count). The summed E-state index contributed by atoms with van der Waals surface area (Å²) in [6.07, 6.45) is 0.129. The lowest BCUT2D eigenvalue weighted by Gasteiger charge is -2.11. The molecule has 0 bridgehead atoms. The van der Waals surface area contributed by atoms with Crippen molar-refractivity contribution in [2.24, 2.45) is 0 Å². The number of rotatable bonds is 14. The molecule has 0 aliphatic rings. The Hall–Kier alpha value is -4.76. The third-order valence-corrected chi connectivity index (χ3v) is 8.54. The van der Waals surface area contributed by atoms with Crippen LogP contribution in [-0.4, -0.2) is 64.6 Å². The Morgan fingerprint density at radius 1 is 0.935 bits per heavy atom. The van der Waals surface area contributed by atoms with Crippen LogP contribution in [0.4, 0.5) is 9.39 Å². The Morgan fingerprint density at radius 3 is 2.26 bits per heavy atom. The minimum atomic E-state index is -0.676. The van der Waals surface area contributed by atoms with Gasteiger partial charge >= 0.3 is 11.9 Å². The highest BCUT2D eigenvalue weighted by Gasteiger charge is 2.27. The largest absolute Gasteiger partial charge is 0.497 e. The summed E-state index contributed by atoms with van der Waals surface area (Å²) in [7, 11) is 1.56. The van der Waals surface area contributed by atoms with Crippen molar-refractivity contribution in [1.82, 2.24) is 20.1 Å². The zero-order valence-corrected chi connectivity index (χ0v) is 27.2. The molecule has 2 aromatic carbocycles. The van der Waals surface area contributed by atoms with E-state index in [1.807, 2.05) is 0 Å². The second-order valence-corrected chi connectivity index (χ2v) is 11.5. The summed E-state index contributed by atoms with van der Waals surface area (Å²) >= 11 is 1.96. The Kier molecular flexibility index (Phi) is 11.9. The van der Waals surface area contributed by atoms with Gasteiger partial charge in [0.2, 0.25) is 11.8 Å². The summed E-state index contributed by atoms with van der Waals surface area (Å²) in [5.41, 5.74) is 1.74. The number of anilines is 1. The molecule has 4 aromatic rings. The molecule has 2 aromatic heterocycles. The lowest BCUT2D eigenvalue weighted by Crippen LogP contribution is -2.26. The SMILES string of the molecule is CCOC(=O)c1sc(NC(=O)CSc2nnc(CNC(=O)Cc3ccc(OC)cc3)n2-c2ccc(F)cc2)c(C(=O)OCC)c1C. The number of nitrogens with one attached hydrogen (secondary N) is 2. The van der Waals surface area contributed by atoms with E-state index in [9.17, 15) is 23.6 Å². The molecule has 2 N–H and O–H groups in total. The fourth-order valence-electron chi connectivity index (χ4n) is 4.26. The predicted molar refractivity (Wildman–Crippen MR) is 170 cm³/mol. The van der Waals surface area contributed by atoms with Crippen LogP contribution in [0.25, 0.3) is 5.69 Å². The van der Waals surface area contributed by atoms with Crippen LogP contribution in [-0.2, 0) is 32.0 Å². The van der Waals surface area contributed by atoms with Crippen molar-refractivity contribution in [3.63, 3.8) is 0 Å². The van der Waals surface area contributed by atoms with E-state index in [2.05, 4.69) is 20.8 Å². The number of aromatic nitrogens is 3. The van der Waals surface area contributed by atoms with E-state index < -0.39 is 23.7 Å². The monoisotopic (exact) mass is 669 g/mol. The molecule has 0 spiro atoms. The van der Waals surface area contributed by atoms with Crippen molar-refractivity contribution in [3.8, 4) is 11.4 Å². The van der Waals surface area contributed by atoms with Crippen molar-refractivity contribution in [2.45, 2.75) is 38.9 Å². The van der Waals surface area contributed by atoms with Gasteiger partial charge in [-0.2, -0.15) is 0 Å². The van der Waals surface area contributed by atoms with E-state index in [0.717, 1.165) is 28.7 Å². The molecule has 0 atom stereocenters. The standard InChI is InChI=1S/C31H32FN5O7S2/c1-5-43-29(40)26-18(3)27(30(41)44-6-2)46-28(26)34-25(39)17-45-31-36-35-23(37(31)21-11-9-20(32)10-12-21)16-33-24(38)15-19-7-13-22(42-4)14-8-19/h7-14H,5-6,15-17H2,1-4H3,(H,33,38)(H,34,39). The first-order valence-electron chi connectivity index (χ1n) is 14.1. The minimum absolute atomic E-state index is 0.0140. The van der Waals surface area contributed by atoms with Crippen molar-refractivity contribution >= 4 is 51.9 Å². The van der Waals surface area contributed by atoms with Crippen LogP contribution in [0, 0.1) is 12.7 Å². The van der Waals surface area contributed by atoms with Crippen molar-refractivity contribution < 1.29 is 37.8 Å². The van der Waals surface area contributed by atoms with E-state index in [1.54, 1.807) is 56.7 Å². The number of benzene rings is 2. The maximum absolute atomic E-state index is 13.7. The molecule has 15 heteroatoms. The number of methoxy groups -OCH3 is 1. The highest BCUT2D eigenvalue weighted by Crippen LogP contribution is 2.35. The second kappa shape index (κ2) is 16.0. The lowest BCUT2D eigenvalue weighted by molar-refractivity contribution is -0.120. The lowest BCUT2D eigenvalue weighted by atomic mass is 10.1. The first-order valence-corrected chi connectivity index (χ1v) is 15.9.